The van der Waals surface area contributed by atoms with E-state index in [1.807, 2.05) is 6.08 Å². The third-order valence-electron chi connectivity index (χ3n) is 11.4. The fourth-order valence-corrected chi connectivity index (χ4v) is 7.44. The minimum absolute atomic E-state index is 0.00746. The Morgan fingerprint density at radius 3 is 1.22 bits per heavy atom. The van der Waals surface area contributed by atoms with Gasteiger partial charge in [-0.25, -0.2) is 0 Å². The van der Waals surface area contributed by atoms with Gasteiger partial charge in [0.25, 0.3) is 0 Å². The second kappa shape index (κ2) is 47.8. The molecular weight excluding hydrogens is 719 g/mol. The van der Waals surface area contributed by atoms with Crippen LogP contribution in [0, 0.1) is 0 Å². The van der Waals surface area contributed by atoms with E-state index in [9.17, 15) is 19.8 Å². The molecule has 1 amide bonds. The van der Waals surface area contributed by atoms with Crippen LogP contribution < -0.4 is 5.32 Å². The molecule has 0 rings (SSSR count). The Hall–Kier alpha value is -1.92. The van der Waals surface area contributed by atoms with Crippen LogP contribution in [-0.4, -0.2) is 47.4 Å². The molecule has 0 heterocycles. The Bertz CT molecular complexity index is 946. The van der Waals surface area contributed by atoms with Gasteiger partial charge in [0, 0.05) is 12.8 Å². The molecule has 6 nitrogen and oxygen atoms in total. The van der Waals surface area contributed by atoms with Crippen molar-refractivity contribution in [2.24, 2.45) is 0 Å². The topological polar surface area (TPSA) is 95.9 Å². The number of amides is 1. The van der Waals surface area contributed by atoms with Crippen molar-refractivity contribution in [3.8, 4) is 0 Å². The van der Waals surface area contributed by atoms with Gasteiger partial charge in [0.15, 0.2) is 0 Å². The quantitative estimate of drug-likeness (QED) is 0.0323. The van der Waals surface area contributed by atoms with E-state index in [1.165, 1.54) is 167 Å². The highest BCUT2D eigenvalue weighted by Crippen LogP contribution is 2.14. The Balaban J connectivity index is 3.46. The second-order valence-electron chi connectivity index (χ2n) is 17.1. The number of hydrogen-bond acceptors (Lipinski definition) is 5. The summed E-state index contributed by atoms with van der Waals surface area (Å²) in [4.78, 5) is 24.4. The highest BCUT2D eigenvalue weighted by atomic mass is 16.5. The molecule has 0 radical (unpaired) electrons. The van der Waals surface area contributed by atoms with Crippen molar-refractivity contribution in [3.05, 3.63) is 36.5 Å². The lowest BCUT2D eigenvalue weighted by Gasteiger charge is -2.20. The first-order chi connectivity index (χ1) is 28.5. The van der Waals surface area contributed by atoms with Crippen LogP contribution in [0.3, 0.4) is 0 Å². The summed E-state index contributed by atoms with van der Waals surface area (Å²) in [6.07, 6.45) is 57.2. The minimum atomic E-state index is -0.851. The summed E-state index contributed by atoms with van der Waals surface area (Å²) < 4.78 is 5.46. The van der Waals surface area contributed by atoms with Gasteiger partial charge in [-0.05, 0) is 83.5 Å². The molecular formula is C52H97NO5. The molecule has 0 aliphatic rings. The second-order valence-corrected chi connectivity index (χ2v) is 17.1. The average Bonchev–Trinajstić information content (AvgIpc) is 3.22. The summed E-state index contributed by atoms with van der Waals surface area (Å²) in [5.74, 6) is -0.0938. The molecule has 340 valence electrons. The van der Waals surface area contributed by atoms with Crippen LogP contribution in [0.5, 0.6) is 0 Å². The van der Waals surface area contributed by atoms with Gasteiger partial charge in [0.1, 0.15) is 0 Å². The van der Waals surface area contributed by atoms with Crippen LogP contribution in [0.4, 0.5) is 0 Å². The SMILES string of the molecule is CCCCCCC/C=C\CCCCCCCC(=O)OCCCCCCCCCCC/C=C\CCCCCCCC(=O)NC(CO)C(O)/C=C/CCCCCCCCC. The minimum Gasteiger partial charge on any atom is -0.466 e. The lowest BCUT2D eigenvalue weighted by Crippen LogP contribution is -2.45. The summed E-state index contributed by atoms with van der Waals surface area (Å²) >= 11 is 0. The molecule has 0 bridgehead atoms. The van der Waals surface area contributed by atoms with E-state index >= 15 is 0 Å². The Morgan fingerprint density at radius 1 is 0.466 bits per heavy atom. The normalized spacial score (nSPS) is 13.0. The van der Waals surface area contributed by atoms with Crippen molar-refractivity contribution < 1.29 is 24.5 Å². The maximum absolute atomic E-state index is 12.3. The molecule has 0 saturated heterocycles. The molecule has 0 aromatic heterocycles. The van der Waals surface area contributed by atoms with Crippen molar-refractivity contribution in [1.29, 1.82) is 0 Å². The van der Waals surface area contributed by atoms with Gasteiger partial charge in [-0.1, -0.05) is 198 Å². The van der Waals surface area contributed by atoms with Gasteiger partial charge in [-0.2, -0.15) is 0 Å². The zero-order valence-electron chi connectivity index (χ0n) is 38.5. The van der Waals surface area contributed by atoms with E-state index in [1.54, 1.807) is 6.08 Å². The molecule has 0 fully saturated rings. The van der Waals surface area contributed by atoms with Gasteiger partial charge in [-0.3, -0.25) is 9.59 Å². The summed E-state index contributed by atoms with van der Waals surface area (Å²) in [5.41, 5.74) is 0. The van der Waals surface area contributed by atoms with E-state index in [-0.39, 0.29) is 18.5 Å². The monoisotopic (exact) mass is 816 g/mol. The third kappa shape index (κ3) is 43.7. The number of aliphatic hydroxyl groups excluding tert-OH is 2. The van der Waals surface area contributed by atoms with Crippen LogP contribution in [0.2, 0.25) is 0 Å². The highest BCUT2D eigenvalue weighted by molar-refractivity contribution is 5.76. The van der Waals surface area contributed by atoms with E-state index in [2.05, 4.69) is 43.5 Å². The largest absolute Gasteiger partial charge is 0.466 e. The first-order valence-electron chi connectivity index (χ1n) is 25.3. The zero-order valence-corrected chi connectivity index (χ0v) is 38.5. The summed E-state index contributed by atoms with van der Waals surface area (Å²) in [6.45, 7) is 4.83. The predicted octanol–water partition coefficient (Wildman–Crippen LogP) is 14.9. The van der Waals surface area contributed by atoms with Gasteiger partial charge < -0.3 is 20.3 Å². The number of esters is 1. The molecule has 3 N–H and O–H groups in total. The number of carbonyl (C=O) groups excluding carboxylic acids is 2. The third-order valence-corrected chi connectivity index (χ3v) is 11.4. The number of allylic oxidation sites excluding steroid dienone is 5. The van der Waals surface area contributed by atoms with Gasteiger partial charge >= 0.3 is 5.97 Å². The van der Waals surface area contributed by atoms with Crippen LogP contribution in [0.1, 0.15) is 258 Å². The molecule has 0 aliphatic heterocycles. The number of carbonyl (C=O) groups is 2. The molecule has 0 spiro atoms. The fraction of sp³-hybridized carbons (Fsp3) is 0.846. The summed E-state index contributed by atoms with van der Waals surface area (Å²) in [5, 5.41) is 22.9. The number of rotatable bonds is 46. The van der Waals surface area contributed by atoms with Crippen LogP contribution in [0.25, 0.3) is 0 Å². The average molecular weight is 816 g/mol. The molecule has 2 atom stereocenters. The maximum atomic E-state index is 12.3. The highest BCUT2D eigenvalue weighted by Gasteiger charge is 2.18. The molecule has 0 saturated carbocycles. The van der Waals surface area contributed by atoms with Crippen molar-refractivity contribution in [2.75, 3.05) is 13.2 Å². The van der Waals surface area contributed by atoms with Crippen LogP contribution in [-0.2, 0) is 14.3 Å². The number of hydrogen-bond donors (Lipinski definition) is 3. The first-order valence-corrected chi connectivity index (χ1v) is 25.3. The van der Waals surface area contributed by atoms with E-state index < -0.39 is 12.1 Å². The number of aliphatic hydroxyl groups is 2. The van der Waals surface area contributed by atoms with Gasteiger partial charge in [0.05, 0.1) is 25.4 Å². The number of ether oxygens (including phenoxy) is 1. The number of nitrogens with one attached hydrogen (secondary N) is 1. The lowest BCUT2D eigenvalue weighted by atomic mass is 10.1. The molecule has 0 aromatic rings. The van der Waals surface area contributed by atoms with Gasteiger partial charge in [0.2, 0.25) is 5.91 Å². The van der Waals surface area contributed by atoms with Crippen molar-refractivity contribution in [1.82, 2.24) is 5.32 Å². The lowest BCUT2D eigenvalue weighted by molar-refractivity contribution is -0.143. The molecule has 6 heteroatoms. The van der Waals surface area contributed by atoms with E-state index in [0.717, 1.165) is 64.2 Å². The first kappa shape index (κ1) is 56.1. The fourth-order valence-electron chi connectivity index (χ4n) is 7.44. The number of unbranched alkanes of at least 4 members (excludes halogenated alkanes) is 31. The Morgan fingerprint density at radius 2 is 0.810 bits per heavy atom. The van der Waals surface area contributed by atoms with E-state index in [4.69, 9.17) is 4.74 Å². The van der Waals surface area contributed by atoms with E-state index in [0.29, 0.717) is 19.4 Å². The molecule has 0 aliphatic carbocycles. The standard InChI is InChI=1S/C52H97NO5/c1-3-5-7-9-11-13-14-15-23-26-30-34-38-42-46-52(57)58-47-43-39-35-31-27-24-21-19-17-16-18-20-22-25-29-33-37-41-45-51(56)53-49(48-54)50(55)44-40-36-32-28-12-10-8-6-4-2/h14-15,18,20,40,44,49-50,54-55H,3-13,16-17,19,21-39,41-43,45-48H2,1-2H3,(H,53,56)/b15-14-,20-18-,44-40+. The predicted molar refractivity (Wildman–Crippen MR) is 250 cm³/mol. The smallest absolute Gasteiger partial charge is 0.305 e. The molecule has 0 aromatic carbocycles. The van der Waals surface area contributed by atoms with Crippen molar-refractivity contribution in [2.45, 2.75) is 270 Å². The van der Waals surface area contributed by atoms with Crippen molar-refractivity contribution >= 4 is 11.9 Å². The molecule has 58 heavy (non-hydrogen) atoms. The Kier molecular flexibility index (Phi) is 46.2. The zero-order chi connectivity index (χ0) is 42.3. The summed E-state index contributed by atoms with van der Waals surface area (Å²) in [7, 11) is 0. The Labute approximate surface area is 360 Å². The van der Waals surface area contributed by atoms with Crippen LogP contribution >= 0.6 is 0 Å². The maximum Gasteiger partial charge on any atom is 0.305 e. The molecule has 2 unspecified atom stereocenters. The van der Waals surface area contributed by atoms with Crippen LogP contribution in [0.15, 0.2) is 36.5 Å². The van der Waals surface area contributed by atoms with Crippen molar-refractivity contribution in [3.63, 3.8) is 0 Å². The van der Waals surface area contributed by atoms with Gasteiger partial charge in [-0.15, -0.1) is 0 Å². The summed E-state index contributed by atoms with van der Waals surface area (Å²) in [6, 6.07) is -0.636.